The summed E-state index contributed by atoms with van der Waals surface area (Å²) in [6.45, 7) is -0.126. The highest BCUT2D eigenvalue weighted by atomic mass is 32.2. The van der Waals surface area contributed by atoms with Crippen molar-refractivity contribution in [2.45, 2.75) is 43.9 Å². The summed E-state index contributed by atoms with van der Waals surface area (Å²) in [5.74, 6) is 0.480. The summed E-state index contributed by atoms with van der Waals surface area (Å²) in [5, 5.41) is 19.8. The number of anilines is 1. The van der Waals surface area contributed by atoms with Crippen molar-refractivity contribution in [2.75, 3.05) is 11.9 Å². The Balaban J connectivity index is 1.37. The second-order valence-corrected chi connectivity index (χ2v) is 9.57. The van der Waals surface area contributed by atoms with Gasteiger partial charge in [-0.05, 0) is 42.9 Å². The molecule has 0 amide bonds. The number of benzene rings is 1. The lowest BCUT2D eigenvalue weighted by Crippen LogP contribution is -2.24. The molecule has 0 spiro atoms. The molecule has 1 fully saturated rings. The third-order valence-electron chi connectivity index (χ3n) is 6.43. The van der Waals surface area contributed by atoms with Crippen molar-refractivity contribution in [3.05, 3.63) is 54.0 Å². The van der Waals surface area contributed by atoms with Crippen LogP contribution >= 0.6 is 0 Å². The van der Waals surface area contributed by atoms with Gasteiger partial charge in [0.25, 0.3) is 0 Å². The number of aromatic nitrogens is 3. The summed E-state index contributed by atoms with van der Waals surface area (Å²) in [6.07, 6.45) is 5.96. The van der Waals surface area contributed by atoms with Crippen LogP contribution in [-0.4, -0.2) is 40.8 Å². The number of rotatable bonds is 6. The molecule has 4 atom stereocenters. The van der Waals surface area contributed by atoms with Gasteiger partial charge in [0.05, 0.1) is 24.1 Å². The maximum absolute atomic E-state index is 11.1. The monoisotopic (exact) mass is 443 g/mol. The molecule has 0 aliphatic heterocycles. The number of hydrogen-bond donors (Lipinski definition) is 3. The molecule has 2 heterocycles. The van der Waals surface area contributed by atoms with Crippen LogP contribution in [0.15, 0.2) is 42.9 Å². The number of nitrogens with zero attached hydrogens (tertiary/aromatic N) is 3. The van der Waals surface area contributed by atoms with Crippen LogP contribution in [0.4, 0.5) is 5.82 Å². The first-order chi connectivity index (χ1) is 14.9. The zero-order valence-electron chi connectivity index (χ0n) is 16.9. The molecule has 10 heteroatoms. The molecule has 2 aliphatic rings. The molecule has 31 heavy (non-hydrogen) atoms. The Labute approximate surface area is 180 Å². The molecule has 164 valence electrons. The lowest BCUT2D eigenvalue weighted by molar-refractivity contribution is 0.100. The Bertz CT molecular complexity index is 1210. The topological polar surface area (TPSA) is 132 Å². The van der Waals surface area contributed by atoms with Gasteiger partial charge < -0.3 is 15.0 Å². The van der Waals surface area contributed by atoms with Crippen molar-refractivity contribution >= 4 is 27.2 Å². The third-order valence-corrected chi connectivity index (χ3v) is 6.89. The van der Waals surface area contributed by atoms with Crippen LogP contribution in [0.2, 0.25) is 0 Å². The van der Waals surface area contributed by atoms with E-state index in [9.17, 15) is 13.5 Å². The normalized spacial score (nSPS) is 25.7. The highest BCUT2D eigenvalue weighted by Gasteiger charge is 2.35. The van der Waals surface area contributed by atoms with E-state index in [2.05, 4.69) is 39.6 Å². The fraction of sp³-hybridized carbons (Fsp3) is 0.429. The van der Waals surface area contributed by atoms with Crippen molar-refractivity contribution < 1.29 is 17.7 Å². The predicted molar refractivity (Wildman–Crippen MR) is 115 cm³/mol. The van der Waals surface area contributed by atoms with Gasteiger partial charge >= 0.3 is 10.3 Å². The largest absolute Gasteiger partial charge is 0.393 e. The zero-order chi connectivity index (χ0) is 21.6. The third kappa shape index (κ3) is 4.03. The van der Waals surface area contributed by atoms with Crippen molar-refractivity contribution in [1.29, 1.82) is 0 Å². The molecule has 0 radical (unpaired) electrons. The van der Waals surface area contributed by atoms with Crippen LogP contribution in [-0.2, 0) is 20.9 Å². The number of aliphatic hydroxyl groups excluding tert-OH is 1. The second-order valence-electron chi connectivity index (χ2n) is 8.35. The van der Waals surface area contributed by atoms with Gasteiger partial charge in [-0.1, -0.05) is 24.3 Å². The summed E-state index contributed by atoms with van der Waals surface area (Å²) in [5.41, 5.74) is 3.47. The van der Waals surface area contributed by atoms with Gasteiger partial charge in [-0.25, -0.2) is 15.1 Å². The number of aryl methyl sites for hydroxylation is 1. The van der Waals surface area contributed by atoms with Gasteiger partial charge in [0.1, 0.15) is 17.8 Å². The number of aliphatic hydroxyl groups is 1. The van der Waals surface area contributed by atoms with Gasteiger partial charge in [-0.2, -0.15) is 8.42 Å². The van der Waals surface area contributed by atoms with Gasteiger partial charge in [0, 0.05) is 18.2 Å². The van der Waals surface area contributed by atoms with Gasteiger partial charge in [0.15, 0.2) is 0 Å². The average molecular weight is 444 g/mol. The van der Waals surface area contributed by atoms with E-state index in [4.69, 9.17) is 9.32 Å². The fourth-order valence-corrected chi connectivity index (χ4v) is 5.28. The molecule has 0 bridgehead atoms. The van der Waals surface area contributed by atoms with Crippen molar-refractivity contribution in [3.8, 4) is 0 Å². The summed E-state index contributed by atoms with van der Waals surface area (Å²) >= 11 is 0. The Kier molecular flexibility index (Phi) is 5.17. The highest BCUT2D eigenvalue weighted by Crippen LogP contribution is 2.39. The standard InChI is InChI=1S/C21H25N5O4S/c22-31(28,29)30-11-14-9-15(10-19(14)27)26-8-7-17-20(23-12-24-21(17)26)25-18-6-5-13-3-1-2-4-16(13)18/h1-4,7-8,12,14-15,18-19,27H,5-6,9-11H2,(H2,22,28,29)(H,23,24,25)/t14-,15+,18?,19-/m0/s1. The Morgan fingerprint density at radius 3 is 2.90 bits per heavy atom. The molecule has 5 rings (SSSR count). The SMILES string of the molecule is NS(=O)(=O)OC[C@@H]1C[C@@H](n2ccc3c(NC4CCc5ccccc54)ncnc32)C[C@@H]1O. The molecule has 3 aromatic rings. The van der Waals surface area contributed by atoms with E-state index in [1.807, 2.05) is 16.8 Å². The molecule has 2 aliphatic carbocycles. The minimum atomic E-state index is -4.03. The molecule has 1 unspecified atom stereocenters. The van der Waals surface area contributed by atoms with E-state index in [-0.39, 0.29) is 24.6 Å². The van der Waals surface area contributed by atoms with E-state index < -0.39 is 16.4 Å². The zero-order valence-corrected chi connectivity index (χ0v) is 17.7. The summed E-state index contributed by atoms with van der Waals surface area (Å²) < 4.78 is 28.9. The van der Waals surface area contributed by atoms with E-state index in [0.717, 1.165) is 29.7 Å². The fourth-order valence-electron chi connectivity index (χ4n) is 4.92. The van der Waals surface area contributed by atoms with Gasteiger partial charge in [-0.15, -0.1) is 0 Å². The lowest BCUT2D eigenvalue weighted by atomic mass is 10.1. The second kappa shape index (κ2) is 7.86. The lowest BCUT2D eigenvalue weighted by Gasteiger charge is -2.16. The van der Waals surface area contributed by atoms with Crippen LogP contribution < -0.4 is 10.5 Å². The predicted octanol–water partition coefficient (Wildman–Crippen LogP) is 2.06. The molecular weight excluding hydrogens is 418 g/mol. The smallest absolute Gasteiger partial charge is 0.333 e. The minimum absolute atomic E-state index is 0.0171. The van der Waals surface area contributed by atoms with Gasteiger partial charge in [0.2, 0.25) is 0 Å². The van der Waals surface area contributed by atoms with Crippen LogP contribution in [0, 0.1) is 5.92 Å². The van der Waals surface area contributed by atoms with E-state index in [1.54, 1.807) is 6.33 Å². The summed E-state index contributed by atoms with van der Waals surface area (Å²) in [4.78, 5) is 8.97. The van der Waals surface area contributed by atoms with Crippen LogP contribution in [0.5, 0.6) is 0 Å². The maximum atomic E-state index is 11.1. The molecular formula is C21H25N5O4S. The van der Waals surface area contributed by atoms with E-state index >= 15 is 0 Å². The average Bonchev–Trinajstić information content (AvgIpc) is 3.43. The molecule has 9 nitrogen and oxygen atoms in total. The van der Waals surface area contributed by atoms with Crippen LogP contribution in [0.1, 0.15) is 42.5 Å². The summed E-state index contributed by atoms with van der Waals surface area (Å²) in [6, 6.07) is 10.6. The van der Waals surface area contributed by atoms with Crippen molar-refractivity contribution in [3.63, 3.8) is 0 Å². The maximum Gasteiger partial charge on any atom is 0.333 e. The first-order valence-electron chi connectivity index (χ1n) is 10.4. The molecule has 4 N–H and O–H groups in total. The van der Waals surface area contributed by atoms with Crippen molar-refractivity contribution in [2.24, 2.45) is 11.1 Å². The van der Waals surface area contributed by atoms with E-state index in [1.165, 1.54) is 11.1 Å². The molecule has 2 aromatic heterocycles. The molecule has 1 saturated carbocycles. The number of nitrogens with one attached hydrogen (secondary N) is 1. The number of nitrogens with two attached hydrogens (primary N) is 1. The number of hydrogen-bond acceptors (Lipinski definition) is 7. The van der Waals surface area contributed by atoms with Gasteiger partial charge in [-0.3, -0.25) is 4.18 Å². The Morgan fingerprint density at radius 2 is 2.06 bits per heavy atom. The quantitative estimate of drug-likeness (QED) is 0.531. The minimum Gasteiger partial charge on any atom is -0.393 e. The molecule has 0 saturated heterocycles. The Morgan fingerprint density at radius 1 is 1.23 bits per heavy atom. The van der Waals surface area contributed by atoms with E-state index in [0.29, 0.717) is 12.8 Å². The summed E-state index contributed by atoms with van der Waals surface area (Å²) in [7, 11) is -4.03. The number of fused-ring (bicyclic) bond motifs is 2. The highest BCUT2D eigenvalue weighted by molar-refractivity contribution is 7.84. The van der Waals surface area contributed by atoms with Crippen LogP contribution in [0.3, 0.4) is 0 Å². The first kappa shape index (κ1) is 20.4. The Hall–Kier alpha value is -2.53. The van der Waals surface area contributed by atoms with Crippen molar-refractivity contribution in [1.82, 2.24) is 14.5 Å². The first-order valence-corrected chi connectivity index (χ1v) is 11.9. The molecule has 1 aromatic carbocycles. The van der Waals surface area contributed by atoms with Crippen LogP contribution in [0.25, 0.3) is 11.0 Å².